The second-order valence-corrected chi connectivity index (χ2v) is 9.61. The van der Waals surface area contributed by atoms with Crippen LogP contribution in [0.2, 0.25) is 0 Å². The highest BCUT2D eigenvalue weighted by Crippen LogP contribution is 2.36. The van der Waals surface area contributed by atoms with E-state index in [0.29, 0.717) is 17.1 Å². The summed E-state index contributed by atoms with van der Waals surface area (Å²) in [5.41, 5.74) is 0.504. The molecular formula is C25H32N2O4S. The summed E-state index contributed by atoms with van der Waals surface area (Å²) in [6, 6.07) is 8.74. The van der Waals surface area contributed by atoms with Crippen molar-refractivity contribution in [1.82, 2.24) is 10.2 Å². The smallest absolute Gasteiger partial charge is 0.255 e. The minimum absolute atomic E-state index is 0.0389. The first-order valence-electron chi connectivity index (χ1n) is 11.5. The number of hydrogen-bond acceptors (Lipinski definition) is 5. The van der Waals surface area contributed by atoms with E-state index in [4.69, 9.17) is 9.47 Å². The Labute approximate surface area is 193 Å². The first-order valence-corrected chi connectivity index (χ1v) is 12.4. The van der Waals surface area contributed by atoms with Gasteiger partial charge in [-0.3, -0.25) is 9.59 Å². The number of ether oxygens (including phenoxy) is 2. The van der Waals surface area contributed by atoms with Crippen molar-refractivity contribution in [2.24, 2.45) is 0 Å². The van der Waals surface area contributed by atoms with E-state index in [1.54, 1.807) is 32.4 Å². The molecule has 1 heterocycles. The van der Waals surface area contributed by atoms with Crippen LogP contribution in [0.25, 0.3) is 0 Å². The van der Waals surface area contributed by atoms with Crippen molar-refractivity contribution in [1.29, 1.82) is 0 Å². The van der Waals surface area contributed by atoms with E-state index in [0.717, 1.165) is 56.2 Å². The second kappa shape index (κ2) is 10.4. The largest absolute Gasteiger partial charge is 0.493 e. The third kappa shape index (κ3) is 4.77. The molecule has 2 amide bonds. The summed E-state index contributed by atoms with van der Waals surface area (Å²) < 4.78 is 10.8. The van der Waals surface area contributed by atoms with Crippen molar-refractivity contribution < 1.29 is 19.1 Å². The van der Waals surface area contributed by atoms with Crippen molar-refractivity contribution in [3.8, 4) is 11.5 Å². The maximum Gasteiger partial charge on any atom is 0.255 e. The summed E-state index contributed by atoms with van der Waals surface area (Å²) in [7, 11) is 3.13. The Balaban J connectivity index is 1.70. The van der Waals surface area contributed by atoms with Gasteiger partial charge in [-0.25, -0.2) is 0 Å². The first kappa shape index (κ1) is 22.6. The molecule has 0 bridgehead atoms. The second-order valence-electron chi connectivity index (χ2n) is 8.63. The van der Waals surface area contributed by atoms with Gasteiger partial charge < -0.3 is 19.7 Å². The van der Waals surface area contributed by atoms with E-state index in [-0.39, 0.29) is 23.9 Å². The quantitative estimate of drug-likeness (QED) is 0.610. The standard InChI is InChI=1S/C25H32N2O4S/c1-30-20-14-13-17(16-21(20)31-2)25(29)27(19-10-5-6-11-19)23(22-12-7-15-32-22)24(28)26-18-8-3-4-9-18/h7,12-16,18-19,23H,3-6,8-11H2,1-2H3,(H,26,28). The number of thiophene rings is 1. The maximum absolute atomic E-state index is 13.9. The van der Waals surface area contributed by atoms with Gasteiger partial charge in [-0.1, -0.05) is 31.7 Å². The van der Waals surface area contributed by atoms with Crippen LogP contribution in [0.3, 0.4) is 0 Å². The van der Waals surface area contributed by atoms with Gasteiger partial charge in [-0.05, 0) is 55.3 Å². The van der Waals surface area contributed by atoms with Crippen molar-refractivity contribution in [3.63, 3.8) is 0 Å². The SMILES string of the molecule is COc1ccc(C(=O)N(C2CCCC2)C(C(=O)NC2CCCC2)c2cccs2)cc1OC. The molecule has 32 heavy (non-hydrogen) atoms. The monoisotopic (exact) mass is 456 g/mol. The molecular weight excluding hydrogens is 424 g/mol. The fourth-order valence-electron chi connectivity index (χ4n) is 4.98. The molecule has 2 aliphatic rings. The molecule has 0 saturated heterocycles. The van der Waals surface area contributed by atoms with Gasteiger partial charge in [0.2, 0.25) is 5.91 Å². The number of hydrogen-bond donors (Lipinski definition) is 1. The molecule has 1 atom stereocenters. The molecule has 7 heteroatoms. The highest BCUT2D eigenvalue weighted by atomic mass is 32.1. The molecule has 172 valence electrons. The molecule has 0 radical (unpaired) electrons. The predicted molar refractivity (Wildman–Crippen MR) is 125 cm³/mol. The van der Waals surface area contributed by atoms with E-state index in [9.17, 15) is 9.59 Å². The Hall–Kier alpha value is -2.54. The highest BCUT2D eigenvalue weighted by molar-refractivity contribution is 7.10. The van der Waals surface area contributed by atoms with Crippen LogP contribution in [0.15, 0.2) is 35.7 Å². The lowest BCUT2D eigenvalue weighted by Gasteiger charge is -2.36. The summed E-state index contributed by atoms with van der Waals surface area (Å²) in [4.78, 5) is 30.3. The molecule has 6 nitrogen and oxygen atoms in total. The number of nitrogens with zero attached hydrogens (tertiary/aromatic N) is 1. The topological polar surface area (TPSA) is 67.9 Å². The average Bonchev–Trinajstić information content (AvgIpc) is 3.60. The van der Waals surface area contributed by atoms with Crippen molar-refractivity contribution in [2.75, 3.05) is 14.2 Å². The summed E-state index contributed by atoms with van der Waals surface area (Å²) in [6.07, 6.45) is 8.28. The first-order chi connectivity index (χ1) is 15.6. The molecule has 2 fully saturated rings. The number of methoxy groups -OCH3 is 2. The number of rotatable bonds is 8. The average molecular weight is 457 g/mol. The number of benzene rings is 1. The number of amides is 2. The van der Waals surface area contributed by atoms with Crippen LogP contribution in [0.1, 0.15) is 72.6 Å². The normalized spacial score (nSPS) is 17.8. The Kier molecular flexibility index (Phi) is 7.35. The summed E-state index contributed by atoms with van der Waals surface area (Å²) in [6.45, 7) is 0. The minimum Gasteiger partial charge on any atom is -0.493 e. The molecule has 1 aromatic heterocycles. The predicted octanol–water partition coefficient (Wildman–Crippen LogP) is 4.95. The zero-order valence-electron chi connectivity index (χ0n) is 18.8. The van der Waals surface area contributed by atoms with E-state index in [2.05, 4.69) is 5.32 Å². The van der Waals surface area contributed by atoms with Gasteiger partial charge >= 0.3 is 0 Å². The highest BCUT2D eigenvalue weighted by Gasteiger charge is 2.39. The number of nitrogens with one attached hydrogen (secondary N) is 1. The Morgan fingerprint density at radius 2 is 1.69 bits per heavy atom. The Morgan fingerprint density at radius 1 is 1.00 bits per heavy atom. The van der Waals surface area contributed by atoms with Gasteiger partial charge in [-0.2, -0.15) is 0 Å². The fraction of sp³-hybridized carbons (Fsp3) is 0.520. The van der Waals surface area contributed by atoms with E-state index < -0.39 is 6.04 Å². The number of carbonyl (C=O) groups is 2. The fourth-order valence-corrected chi connectivity index (χ4v) is 5.81. The lowest BCUT2D eigenvalue weighted by molar-refractivity contribution is -0.127. The maximum atomic E-state index is 13.9. The van der Waals surface area contributed by atoms with Gasteiger partial charge in [0.1, 0.15) is 6.04 Å². The lowest BCUT2D eigenvalue weighted by atomic mass is 10.0. The summed E-state index contributed by atoms with van der Waals surface area (Å²) in [5.74, 6) is 0.871. The van der Waals surface area contributed by atoms with Gasteiger partial charge in [0.25, 0.3) is 5.91 Å². The van der Waals surface area contributed by atoms with Crippen LogP contribution >= 0.6 is 11.3 Å². The van der Waals surface area contributed by atoms with E-state index >= 15 is 0 Å². The molecule has 1 N–H and O–H groups in total. The zero-order valence-corrected chi connectivity index (χ0v) is 19.7. The van der Waals surface area contributed by atoms with Gasteiger partial charge in [-0.15, -0.1) is 11.3 Å². The van der Waals surface area contributed by atoms with Crippen LogP contribution < -0.4 is 14.8 Å². The summed E-state index contributed by atoms with van der Waals surface area (Å²) in [5, 5.41) is 5.22. The molecule has 2 aliphatic carbocycles. The Morgan fingerprint density at radius 3 is 2.31 bits per heavy atom. The molecule has 0 spiro atoms. The van der Waals surface area contributed by atoms with Gasteiger partial charge in [0.15, 0.2) is 11.5 Å². The Bertz CT molecular complexity index is 918. The molecule has 1 unspecified atom stereocenters. The third-order valence-electron chi connectivity index (χ3n) is 6.62. The third-order valence-corrected chi connectivity index (χ3v) is 7.55. The van der Waals surface area contributed by atoms with Crippen LogP contribution in [0, 0.1) is 0 Å². The van der Waals surface area contributed by atoms with Crippen molar-refractivity contribution >= 4 is 23.2 Å². The van der Waals surface area contributed by atoms with E-state index in [1.165, 1.54) is 11.3 Å². The molecule has 2 saturated carbocycles. The van der Waals surface area contributed by atoms with Gasteiger partial charge in [0.05, 0.1) is 14.2 Å². The van der Waals surface area contributed by atoms with Crippen LogP contribution in [-0.4, -0.2) is 43.0 Å². The van der Waals surface area contributed by atoms with Crippen LogP contribution in [0.4, 0.5) is 0 Å². The molecule has 2 aromatic rings. The zero-order chi connectivity index (χ0) is 22.5. The van der Waals surface area contributed by atoms with Crippen molar-refractivity contribution in [3.05, 3.63) is 46.2 Å². The lowest BCUT2D eigenvalue weighted by Crippen LogP contribution is -2.49. The van der Waals surface area contributed by atoms with Crippen LogP contribution in [0.5, 0.6) is 11.5 Å². The molecule has 0 aliphatic heterocycles. The molecule has 4 rings (SSSR count). The minimum atomic E-state index is -0.626. The van der Waals surface area contributed by atoms with Gasteiger partial charge in [0, 0.05) is 22.5 Å². The number of carbonyl (C=O) groups excluding carboxylic acids is 2. The van der Waals surface area contributed by atoms with Crippen molar-refractivity contribution in [2.45, 2.75) is 69.5 Å². The molecule has 1 aromatic carbocycles. The van der Waals surface area contributed by atoms with E-state index in [1.807, 2.05) is 22.4 Å². The summed E-state index contributed by atoms with van der Waals surface area (Å²) >= 11 is 1.53. The van der Waals surface area contributed by atoms with Crippen LogP contribution in [-0.2, 0) is 4.79 Å².